The summed E-state index contributed by atoms with van der Waals surface area (Å²) in [5, 5.41) is 0. The van der Waals surface area contributed by atoms with Crippen molar-refractivity contribution in [2.24, 2.45) is 4.99 Å². The highest BCUT2D eigenvalue weighted by atomic mass is 35.5. The minimum atomic E-state index is 0. The van der Waals surface area contributed by atoms with E-state index in [1.807, 2.05) is 54.7 Å². The van der Waals surface area contributed by atoms with Crippen LogP contribution in [0.15, 0.2) is 78.1 Å². The molecule has 1 aliphatic heterocycles. The van der Waals surface area contributed by atoms with E-state index >= 15 is 0 Å². The molecule has 0 saturated heterocycles. The summed E-state index contributed by atoms with van der Waals surface area (Å²) in [6, 6.07) is 19.6. The lowest BCUT2D eigenvalue weighted by Gasteiger charge is -2.12. The van der Waals surface area contributed by atoms with Crippen molar-refractivity contribution in [2.75, 3.05) is 0 Å². The molecule has 0 fully saturated rings. The maximum absolute atomic E-state index is 12.3. The molecule has 3 rings (SSSR count). The first kappa shape index (κ1) is 16.1. The molecule has 0 aromatic heterocycles. The first-order valence-electron chi connectivity index (χ1n) is 7.04. The van der Waals surface area contributed by atoms with Crippen LogP contribution in [0.2, 0.25) is 0 Å². The lowest BCUT2D eigenvalue weighted by atomic mass is 10.1. The number of nitrogens with zero attached hydrogens (tertiary/aromatic N) is 1. The number of aliphatic imine (C=N–C) groups is 1. The number of Topliss-reactive ketones (excluding diaryl/α,β-unsaturated/α-hetero) is 1. The van der Waals surface area contributed by atoms with E-state index in [-0.39, 0.29) is 18.2 Å². The average molecular weight is 313 g/mol. The van der Waals surface area contributed by atoms with Crippen LogP contribution in [0, 0.1) is 0 Å². The second-order valence-corrected chi connectivity index (χ2v) is 5.05. The van der Waals surface area contributed by atoms with Crippen LogP contribution in [0.25, 0.3) is 0 Å². The van der Waals surface area contributed by atoms with Gasteiger partial charge in [0.2, 0.25) is 5.84 Å². The van der Waals surface area contributed by atoms with Crippen LogP contribution in [-0.4, -0.2) is 11.6 Å². The van der Waals surface area contributed by atoms with Crippen LogP contribution in [0.3, 0.4) is 0 Å². The van der Waals surface area contributed by atoms with Gasteiger partial charge in [-0.2, -0.15) is 0 Å². The highest BCUT2D eigenvalue weighted by Gasteiger charge is 2.22. The molecule has 2 aromatic carbocycles. The summed E-state index contributed by atoms with van der Waals surface area (Å²) >= 11 is 0. The van der Waals surface area contributed by atoms with Crippen molar-refractivity contribution in [3.05, 3.63) is 84.2 Å². The van der Waals surface area contributed by atoms with Gasteiger partial charge >= 0.3 is 0 Å². The average Bonchev–Trinajstić information content (AvgIpc) is 2.96. The summed E-state index contributed by atoms with van der Waals surface area (Å²) in [7, 11) is 0. The van der Waals surface area contributed by atoms with E-state index in [1.54, 1.807) is 6.20 Å². The Kier molecular flexibility index (Phi) is 5.64. The van der Waals surface area contributed by atoms with Crippen LogP contribution in [0.5, 0.6) is 0 Å². The normalized spacial score (nSPS) is 16.0. The summed E-state index contributed by atoms with van der Waals surface area (Å²) in [6.45, 7) is 0.818. The van der Waals surface area contributed by atoms with Gasteiger partial charge in [-0.3, -0.25) is 9.69 Å². The smallest absolute Gasteiger partial charge is 0.214 e. The van der Waals surface area contributed by atoms with E-state index in [4.69, 9.17) is 0 Å². The van der Waals surface area contributed by atoms with Crippen molar-refractivity contribution in [1.82, 2.24) is 0 Å². The topological polar surface area (TPSA) is 33.9 Å². The van der Waals surface area contributed by atoms with Crippen LogP contribution in [0.4, 0.5) is 0 Å². The van der Waals surface area contributed by atoms with Gasteiger partial charge in [-0.1, -0.05) is 60.7 Å². The fourth-order valence-corrected chi connectivity index (χ4v) is 2.41. The number of nitrogens with one attached hydrogen (secondary N) is 1. The van der Waals surface area contributed by atoms with E-state index in [9.17, 15) is 4.79 Å². The van der Waals surface area contributed by atoms with Crippen molar-refractivity contribution in [2.45, 2.75) is 13.0 Å². The maximum atomic E-state index is 12.3. The van der Waals surface area contributed by atoms with Crippen LogP contribution in [0.1, 0.15) is 22.3 Å². The third-order valence-corrected chi connectivity index (χ3v) is 3.54. The van der Waals surface area contributed by atoms with Gasteiger partial charge in [-0.05, 0) is 0 Å². The van der Waals surface area contributed by atoms with E-state index in [0.29, 0.717) is 6.42 Å². The minimum absolute atomic E-state index is 0. The molecular weight excluding hydrogens is 296 g/mol. The van der Waals surface area contributed by atoms with Gasteiger partial charge in [0.15, 0.2) is 5.78 Å². The fraction of sp³-hybridized carbons (Fsp3) is 0.111. The summed E-state index contributed by atoms with van der Waals surface area (Å²) < 4.78 is 0. The van der Waals surface area contributed by atoms with Crippen LogP contribution < -0.4 is 17.3 Å². The van der Waals surface area contributed by atoms with Gasteiger partial charge in [-0.25, -0.2) is 4.99 Å². The third kappa shape index (κ3) is 3.91. The fourth-order valence-electron chi connectivity index (χ4n) is 2.41. The Labute approximate surface area is 136 Å². The zero-order valence-corrected chi connectivity index (χ0v) is 12.8. The molecule has 1 unspecified atom stereocenters. The van der Waals surface area contributed by atoms with Crippen molar-refractivity contribution in [1.29, 1.82) is 0 Å². The molecule has 0 bridgehead atoms. The van der Waals surface area contributed by atoms with E-state index in [1.165, 1.54) is 5.56 Å². The lowest BCUT2D eigenvalue weighted by molar-refractivity contribution is -0.761. The van der Waals surface area contributed by atoms with Crippen molar-refractivity contribution < 1.29 is 22.1 Å². The number of benzene rings is 2. The Morgan fingerprint density at radius 2 is 1.59 bits per heavy atom. The zero-order valence-electron chi connectivity index (χ0n) is 12.1. The molecule has 112 valence electrons. The Balaban J connectivity index is 0.00000176. The van der Waals surface area contributed by atoms with Crippen LogP contribution in [-0.2, 0) is 6.54 Å². The number of amidine groups is 1. The van der Waals surface area contributed by atoms with E-state index in [0.717, 1.165) is 22.8 Å². The monoisotopic (exact) mass is 312 g/mol. The highest BCUT2D eigenvalue weighted by molar-refractivity contribution is 6.07. The molecular formula is C18H17ClN2O. The molecule has 1 aliphatic rings. The molecule has 0 amide bonds. The van der Waals surface area contributed by atoms with Gasteiger partial charge in [0.1, 0.15) is 19.2 Å². The Morgan fingerprint density at radius 1 is 0.955 bits per heavy atom. The summed E-state index contributed by atoms with van der Waals surface area (Å²) in [5.41, 5.74) is 1.98. The predicted octanol–water partition coefficient (Wildman–Crippen LogP) is -0.768. The van der Waals surface area contributed by atoms with Crippen molar-refractivity contribution in [3.63, 3.8) is 0 Å². The van der Waals surface area contributed by atoms with Gasteiger partial charge in [0.05, 0.1) is 6.20 Å². The Bertz CT molecular complexity index is 681. The number of hydrogen-bond acceptors (Lipinski definition) is 2. The number of hydrogen-bond donors (Lipinski definition) is 1. The van der Waals surface area contributed by atoms with E-state index < -0.39 is 0 Å². The maximum Gasteiger partial charge on any atom is 0.214 e. The first-order valence-corrected chi connectivity index (χ1v) is 7.04. The molecule has 2 aromatic rings. The number of halogens is 1. The molecule has 0 spiro atoms. The first-order chi connectivity index (χ1) is 10.3. The van der Waals surface area contributed by atoms with Gasteiger partial charge < -0.3 is 12.4 Å². The van der Waals surface area contributed by atoms with Gasteiger partial charge in [0, 0.05) is 11.1 Å². The number of carbonyl (C=O) groups excluding carboxylic acids is 1. The van der Waals surface area contributed by atoms with Gasteiger partial charge in [-0.15, -0.1) is 0 Å². The zero-order chi connectivity index (χ0) is 14.5. The minimum Gasteiger partial charge on any atom is -1.00 e. The van der Waals surface area contributed by atoms with Crippen molar-refractivity contribution >= 4 is 11.6 Å². The molecule has 0 aliphatic carbocycles. The number of carbonyl (C=O) groups is 1. The van der Waals surface area contributed by atoms with Crippen LogP contribution >= 0.6 is 0 Å². The molecule has 3 nitrogen and oxygen atoms in total. The third-order valence-electron chi connectivity index (χ3n) is 3.54. The summed E-state index contributed by atoms with van der Waals surface area (Å²) in [4.78, 5) is 17.8. The summed E-state index contributed by atoms with van der Waals surface area (Å²) in [5.74, 6) is 0.997. The van der Waals surface area contributed by atoms with Gasteiger partial charge in [0.25, 0.3) is 0 Å². The highest BCUT2D eigenvalue weighted by Crippen LogP contribution is 2.04. The number of rotatable bonds is 5. The molecule has 1 heterocycles. The molecule has 1 N–H and O–H groups in total. The quantitative estimate of drug-likeness (QED) is 0.723. The largest absolute Gasteiger partial charge is 1.00 e. The lowest BCUT2D eigenvalue weighted by Crippen LogP contribution is -3.08. The van der Waals surface area contributed by atoms with Crippen molar-refractivity contribution in [3.8, 4) is 0 Å². The molecule has 4 heteroatoms. The standard InChI is InChI=1S/C18H16N2O.ClH/c21-17(16-9-5-2-6-10-16)13-18-19-11-12-20(18)14-15-7-3-1-4-8-15;/h1-12H,13-14H2;1H. The predicted molar refractivity (Wildman–Crippen MR) is 83.1 cm³/mol. The Hall–Kier alpha value is -2.23. The number of quaternary nitrogens is 1. The molecule has 0 saturated carbocycles. The second-order valence-electron chi connectivity index (χ2n) is 5.05. The Morgan fingerprint density at radius 3 is 2.27 bits per heavy atom. The summed E-state index contributed by atoms with van der Waals surface area (Å²) in [6.07, 6.45) is 4.14. The molecule has 22 heavy (non-hydrogen) atoms. The number of ketones is 1. The second kappa shape index (κ2) is 7.69. The molecule has 0 radical (unpaired) electrons. The van der Waals surface area contributed by atoms with E-state index in [2.05, 4.69) is 17.1 Å². The SMILES string of the molecule is O=C(CC1=NC=C[NH+]1Cc1ccccc1)c1ccccc1.[Cl-]. The molecule has 1 atom stereocenters.